The Balaban J connectivity index is 1.69. The number of fused-ring (bicyclic) bond motifs is 1. The van der Waals surface area contributed by atoms with Crippen LogP contribution in [0.15, 0.2) is 73.1 Å². The number of halogens is 1. The van der Waals surface area contributed by atoms with Crippen molar-refractivity contribution in [2.75, 3.05) is 32.6 Å². The summed E-state index contributed by atoms with van der Waals surface area (Å²) in [5.41, 5.74) is 2.45. The van der Waals surface area contributed by atoms with Crippen molar-refractivity contribution in [2.24, 2.45) is 0 Å². The second kappa shape index (κ2) is 13.6. The third kappa shape index (κ3) is 7.35. The van der Waals surface area contributed by atoms with Crippen LogP contribution in [-0.2, 0) is 17.8 Å². The van der Waals surface area contributed by atoms with Crippen LogP contribution in [0, 0.1) is 11.3 Å². The lowest BCUT2D eigenvalue weighted by Gasteiger charge is -2.16. The third-order valence-electron chi connectivity index (χ3n) is 5.64. The monoisotopic (exact) mass is 558 g/mol. The average molecular weight is 559 g/mol. The van der Waals surface area contributed by atoms with E-state index in [-0.39, 0.29) is 40.3 Å². The van der Waals surface area contributed by atoms with Gasteiger partial charge in [0.25, 0.3) is 0 Å². The lowest BCUT2D eigenvalue weighted by atomic mass is 10.0. The number of nitrogens with zero attached hydrogens (tertiary/aromatic N) is 4. The van der Waals surface area contributed by atoms with Crippen molar-refractivity contribution in [3.8, 4) is 17.6 Å². The zero-order chi connectivity index (χ0) is 31.1. The van der Waals surface area contributed by atoms with E-state index in [2.05, 4.69) is 21.4 Å². The first-order chi connectivity index (χ1) is 20.5. The molecule has 0 radical (unpaired) electrons. The van der Waals surface area contributed by atoms with E-state index in [1.54, 1.807) is 36.4 Å². The molecule has 0 amide bonds. The maximum Gasteiger partial charge on any atom is 0.159 e. The fraction of sp³-hybridized carbons (Fsp3) is 0.226. The molecule has 8 nitrogen and oxygen atoms in total. The predicted molar refractivity (Wildman–Crippen MR) is 157 cm³/mol. The number of anilines is 2. The summed E-state index contributed by atoms with van der Waals surface area (Å²) < 4.78 is 36.0. The smallest absolute Gasteiger partial charge is 0.159 e. The highest BCUT2D eigenvalue weighted by molar-refractivity contribution is 6.32. The molecule has 9 heteroatoms. The summed E-state index contributed by atoms with van der Waals surface area (Å²) in [6, 6.07) is 15.4. The Bertz CT molecular complexity index is 1710. The Labute approximate surface area is 243 Å². The van der Waals surface area contributed by atoms with Crippen LogP contribution < -0.4 is 14.8 Å². The van der Waals surface area contributed by atoms with Crippen LogP contribution in [0.25, 0.3) is 10.9 Å². The standard InChI is InChI=1S/C31H30ClN5O3/c1-4-39-30-17-28-26(15-21(30)14-25(38)9-7-13-37(2)3)31(22(18-33)19-35-28)36-23-10-11-29(27(32)16-23)40-20-24-8-5-6-12-34-24/h5-12,15-17,19H,4,13-14,20H2,1-3H3,(H,35,36)/b9-7+/i7D,20D2. The van der Waals surface area contributed by atoms with Crippen LogP contribution >= 0.6 is 11.6 Å². The van der Waals surface area contributed by atoms with Crippen LogP contribution in [0.5, 0.6) is 11.5 Å². The zero-order valence-corrected chi connectivity index (χ0v) is 23.1. The number of benzene rings is 2. The third-order valence-corrected chi connectivity index (χ3v) is 5.93. The number of rotatable bonds is 12. The van der Waals surface area contributed by atoms with Crippen LogP contribution in [0.1, 0.15) is 27.9 Å². The van der Waals surface area contributed by atoms with Gasteiger partial charge < -0.3 is 19.7 Å². The topological polar surface area (TPSA) is 100 Å². The minimum Gasteiger partial charge on any atom is -0.494 e. The SMILES string of the molecule is [2H]/C(=C\C(=O)Cc1cc2c(Nc3ccc(OC([2H])([2H])c4ccccn4)c(Cl)c3)c(C#N)cnc2cc1OCC)CN(C)C. The molecule has 4 aromatic rings. The summed E-state index contributed by atoms with van der Waals surface area (Å²) in [6.45, 7) is 0.335. The molecule has 0 atom stereocenters. The molecule has 2 heterocycles. The minimum absolute atomic E-state index is 0.00651. The van der Waals surface area contributed by atoms with Gasteiger partial charge in [-0.15, -0.1) is 0 Å². The Morgan fingerprint density at radius 3 is 2.75 bits per heavy atom. The molecule has 2 aromatic carbocycles. The van der Waals surface area contributed by atoms with Crippen LogP contribution in [-0.4, -0.2) is 47.9 Å². The number of hydrogen-bond acceptors (Lipinski definition) is 8. The van der Waals surface area contributed by atoms with Crippen LogP contribution in [0.3, 0.4) is 0 Å². The van der Waals surface area contributed by atoms with Crippen molar-refractivity contribution in [2.45, 2.75) is 19.9 Å². The summed E-state index contributed by atoms with van der Waals surface area (Å²) in [6.07, 6.45) is 4.23. The maximum absolute atomic E-state index is 12.8. The van der Waals surface area contributed by atoms with Gasteiger partial charge in [0.1, 0.15) is 24.1 Å². The van der Waals surface area contributed by atoms with Gasteiger partial charge in [0.05, 0.1) is 38.2 Å². The lowest BCUT2D eigenvalue weighted by molar-refractivity contribution is -0.114. The molecule has 0 saturated carbocycles. The molecule has 204 valence electrons. The molecule has 4 rings (SSSR count). The van der Waals surface area contributed by atoms with Crippen molar-refractivity contribution in [3.05, 3.63) is 94.9 Å². The van der Waals surface area contributed by atoms with Crippen molar-refractivity contribution >= 4 is 39.7 Å². The minimum atomic E-state index is -2.22. The van der Waals surface area contributed by atoms with E-state index in [9.17, 15) is 10.1 Å². The Hall–Kier alpha value is -4.45. The van der Waals surface area contributed by atoms with Gasteiger partial charge in [-0.25, -0.2) is 0 Å². The van der Waals surface area contributed by atoms with Gasteiger partial charge in [0.2, 0.25) is 0 Å². The summed E-state index contributed by atoms with van der Waals surface area (Å²) in [5.74, 6) is 0.353. The number of likely N-dealkylation sites (N-methyl/N-ethyl adjacent to an activating group) is 1. The number of aromatic nitrogens is 2. The highest BCUT2D eigenvalue weighted by Gasteiger charge is 2.16. The van der Waals surface area contributed by atoms with E-state index in [4.69, 9.17) is 25.2 Å². The molecule has 0 spiro atoms. The van der Waals surface area contributed by atoms with E-state index in [1.165, 1.54) is 30.6 Å². The van der Waals surface area contributed by atoms with Gasteiger partial charge in [-0.05, 0) is 63.5 Å². The number of nitriles is 1. The van der Waals surface area contributed by atoms with Crippen molar-refractivity contribution in [1.29, 1.82) is 5.26 Å². The molecule has 1 N–H and O–H groups in total. The van der Waals surface area contributed by atoms with Gasteiger partial charge in [0.15, 0.2) is 5.78 Å². The quantitative estimate of drug-likeness (QED) is 0.208. The Kier molecular flexibility index (Phi) is 8.33. The largest absolute Gasteiger partial charge is 0.494 e. The number of nitrogens with one attached hydrogen (secondary N) is 1. The van der Waals surface area contributed by atoms with Crippen molar-refractivity contribution in [1.82, 2.24) is 14.9 Å². The molecule has 0 unspecified atom stereocenters. The molecule has 0 bridgehead atoms. The summed E-state index contributed by atoms with van der Waals surface area (Å²) >= 11 is 6.48. The predicted octanol–water partition coefficient (Wildman–Crippen LogP) is 6.11. The number of carbonyl (C=O) groups excluding carboxylic acids is 1. The molecule has 0 aliphatic carbocycles. The normalized spacial score (nSPS) is 12.8. The van der Waals surface area contributed by atoms with Crippen molar-refractivity contribution in [3.63, 3.8) is 0 Å². The second-order valence-electron chi connectivity index (χ2n) is 8.99. The molecular weight excluding hydrogens is 526 g/mol. The number of ketones is 1. The molecule has 0 aliphatic heterocycles. The van der Waals surface area contributed by atoms with E-state index >= 15 is 0 Å². The summed E-state index contributed by atoms with van der Waals surface area (Å²) in [4.78, 5) is 23.1. The van der Waals surface area contributed by atoms with E-state index in [0.29, 0.717) is 46.7 Å². The number of ether oxygens (including phenoxy) is 2. The van der Waals surface area contributed by atoms with E-state index in [0.717, 1.165) is 0 Å². The molecular formula is C31H30ClN5O3. The first kappa shape index (κ1) is 24.6. The summed E-state index contributed by atoms with van der Waals surface area (Å²) in [7, 11) is 3.65. The fourth-order valence-corrected chi connectivity index (χ4v) is 4.05. The highest BCUT2D eigenvalue weighted by atomic mass is 35.5. The van der Waals surface area contributed by atoms with Gasteiger partial charge >= 0.3 is 0 Å². The van der Waals surface area contributed by atoms with Crippen molar-refractivity contribution < 1.29 is 18.4 Å². The molecule has 0 fully saturated rings. The highest BCUT2D eigenvalue weighted by Crippen LogP contribution is 2.36. The van der Waals surface area contributed by atoms with Gasteiger partial charge in [0, 0.05) is 48.1 Å². The molecule has 40 heavy (non-hydrogen) atoms. The van der Waals surface area contributed by atoms with Gasteiger partial charge in [-0.1, -0.05) is 23.7 Å². The summed E-state index contributed by atoms with van der Waals surface area (Å²) in [5, 5.41) is 13.8. The molecule has 2 aromatic heterocycles. The van der Waals surface area contributed by atoms with Gasteiger partial charge in [-0.2, -0.15) is 5.26 Å². The average Bonchev–Trinajstić information content (AvgIpc) is 2.95. The first-order valence-electron chi connectivity index (χ1n) is 14.0. The van der Waals surface area contributed by atoms with Crippen LogP contribution in [0.4, 0.5) is 11.4 Å². The lowest BCUT2D eigenvalue weighted by Crippen LogP contribution is -2.11. The second-order valence-corrected chi connectivity index (χ2v) is 9.39. The number of pyridine rings is 2. The van der Waals surface area contributed by atoms with Crippen LogP contribution in [0.2, 0.25) is 5.02 Å². The Morgan fingerprint density at radius 1 is 1.20 bits per heavy atom. The van der Waals surface area contributed by atoms with E-state index < -0.39 is 6.56 Å². The fourth-order valence-electron chi connectivity index (χ4n) is 3.83. The zero-order valence-electron chi connectivity index (χ0n) is 25.4. The van der Waals surface area contributed by atoms with E-state index in [1.807, 2.05) is 25.9 Å². The number of allylic oxidation sites excluding steroid dienone is 1. The number of carbonyl (C=O) groups is 1. The Morgan fingerprint density at radius 2 is 2.05 bits per heavy atom. The number of hydrogen-bond donors (Lipinski definition) is 1. The molecule has 0 aliphatic rings. The molecule has 0 saturated heterocycles. The van der Waals surface area contributed by atoms with Gasteiger partial charge in [-0.3, -0.25) is 14.8 Å². The first-order valence-corrected chi connectivity index (χ1v) is 12.9. The maximum atomic E-state index is 12.8.